The Balaban J connectivity index is 2.55. The highest BCUT2D eigenvalue weighted by atomic mass is 79.9. The van der Waals surface area contributed by atoms with Crippen LogP contribution in [0.25, 0.3) is 0 Å². The van der Waals surface area contributed by atoms with Crippen LogP contribution in [0.15, 0.2) is 53.1 Å². The number of methoxy groups -OCH3 is 1. The summed E-state index contributed by atoms with van der Waals surface area (Å²) in [5.74, 6) is 1.57. The molecule has 0 heterocycles. The highest BCUT2D eigenvalue weighted by Crippen LogP contribution is 2.42. The van der Waals surface area contributed by atoms with E-state index in [4.69, 9.17) is 4.74 Å². The van der Waals surface area contributed by atoms with E-state index in [1.807, 2.05) is 26.2 Å². The van der Waals surface area contributed by atoms with Gasteiger partial charge in [0.25, 0.3) is 0 Å². The van der Waals surface area contributed by atoms with Crippen molar-refractivity contribution in [3.63, 3.8) is 0 Å². The van der Waals surface area contributed by atoms with E-state index in [2.05, 4.69) is 107 Å². The average Bonchev–Trinajstić information content (AvgIpc) is 2.98. The molecule has 0 saturated carbocycles. The van der Waals surface area contributed by atoms with Gasteiger partial charge < -0.3 is 9.64 Å². The molecule has 0 bridgehead atoms. The van der Waals surface area contributed by atoms with Crippen molar-refractivity contribution in [2.75, 3.05) is 12.0 Å². The first-order valence-electron chi connectivity index (χ1n) is 16.3. The summed E-state index contributed by atoms with van der Waals surface area (Å²) in [5.41, 5.74) is 6.32. The van der Waals surface area contributed by atoms with Gasteiger partial charge in [0.15, 0.2) is 5.78 Å². The molecule has 0 spiro atoms. The van der Waals surface area contributed by atoms with Gasteiger partial charge in [-0.3, -0.25) is 4.79 Å². The van der Waals surface area contributed by atoms with Gasteiger partial charge in [-0.05, 0) is 122 Å². The Hall–Kier alpha value is -1.91. The van der Waals surface area contributed by atoms with Crippen LogP contribution in [0, 0.1) is 24.7 Å². The zero-order valence-corrected chi connectivity index (χ0v) is 29.9. The lowest BCUT2D eigenvalue weighted by Crippen LogP contribution is -2.26. The Bertz CT molecular complexity index is 1170. The number of ether oxygens (including phenoxy) is 1. The lowest BCUT2D eigenvalue weighted by atomic mass is 9.82. The number of anilines is 2. The number of nitrogens with zero attached hydrogens (tertiary/aromatic N) is 1. The number of rotatable bonds is 18. The zero-order chi connectivity index (χ0) is 31.6. The molecule has 234 valence electrons. The summed E-state index contributed by atoms with van der Waals surface area (Å²) in [4.78, 5) is 15.9. The van der Waals surface area contributed by atoms with E-state index in [1.54, 1.807) is 0 Å². The molecular weight excluding hydrogens is 582 g/mol. The molecular formula is C38H58BrNO2. The van der Waals surface area contributed by atoms with Crippen LogP contribution in [0.1, 0.15) is 134 Å². The van der Waals surface area contributed by atoms with E-state index in [0.29, 0.717) is 11.8 Å². The number of halogens is 1. The van der Waals surface area contributed by atoms with E-state index in [9.17, 15) is 4.79 Å². The van der Waals surface area contributed by atoms with Crippen LogP contribution >= 0.6 is 15.9 Å². The summed E-state index contributed by atoms with van der Waals surface area (Å²) in [6.07, 6.45) is 8.81. The molecule has 4 unspecified atom stereocenters. The first kappa shape index (κ1) is 36.3. The second-order valence-electron chi connectivity index (χ2n) is 13.0. The summed E-state index contributed by atoms with van der Waals surface area (Å²) >= 11 is 3.73. The monoisotopic (exact) mass is 639 g/mol. The van der Waals surface area contributed by atoms with E-state index >= 15 is 0 Å². The first-order valence-corrected chi connectivity index (χ1v) is 17.1. The zero-order valence-electron chi connectivity index (χ0n) is 28.3. The van der Waals surface area contributed by atoms with Gasteiger partial charge in [0, 0.05) is 28.9 Å². The van der Waals surface area contributed by atoms with Crippen molar-refractivity contribution in [2.24, 2.45) is 17.8 Å². The second kappa shape index (κ2) is 16.8. The van der Waals surface area contributed by atoms with Crippen molar-refractivity contribution < 1.29 is 9.53 Å². The van der Waals surface area contributed by atoms with Gasteiger partial charge in [0.2, 0.25) is 0 Å². The van der Waals surface area contributed by atoms with Gasteiger partial charge in [-0.25, -0.2) is 0 Å². The van der Waals surface area contributed by atoms with Gasteiger partial charge in [0.05, 0.1) is 16.9 Å². The normalized spacial score (nSPS) is 14.7. The molecule has 0 fully saturated rings. The smallest absolute Gasteiger partial charge is 0.168 e. The highest BCUT2D eigenvalue weighted by molar-refractivity contribution is 9.10. The lowest BCUT2D eigenvalue weighted by molar-refractivity contribution is 0.0000877. The van der Waals surface area contributed by atoms with Crippen LogP contribution in [0.5, 0.6) is 0 Å². The minimum absolute atomic E-state index is 0.0548. The number of carbonyl (C=O) groups excluding carboxylic acids is 1. The number of benzene rings is 2. The predicted molar refractivity (Wildman–Crippen MR) is 186 cm³/mol. The third-order valence-corrected chi connectivity index (χ3v) is 10.1. The largest absolute Gasteiger partial charge is 0.379 e. The molecule has 0 amide bonds. The third kappa shape index (κ3) is 9.29. The van der Waals surface area contributed by atoms with Gasteiger partial charge in [-0.1, -0.05) is 79.2 Å². The van der Waals surface area contributed by atoms with Crippen LogP contribution in [-0.2, 0) is 4.74 Å². The number of Topliss-reactive ketones (excluding diaryl/α,β-unsaturated/α-hetero) is 1. The van der Waals surface area contributed by atoms with Crippen molar-refractivity contribution in [1.82, 2.24) is 0 Å². The highest BCUT2D eigenvalue weighted by Gasteiger charge is 2.28. The quantitative estimate of drug-likeness (QED) is 0.152. The Morgan fingerprint density at radius 1 is 0.952 bits per heavy atom. The Morgan fingerprint density at radius 3 is 2.17 bits per heavy atom. The molecule has 0 aromatic heterocycles. The molecule has 4 heteroatoms. The Morgan fingerprint density at radius 2 is 1.62 bits per heavy atom. The standard InChI is InChI=1S/C38H58BrNO2/c1-12-17-31(21-20-30(15-4)25-38(9,10)42-11)32-22-23-34(28(7)24-32)40(29(8)26(5)13-2)35-19-16-18-33(39)36(35)37(41)27(6)14-3/h16,18-19,22-24,26-27,30-31H,8,12-15,17,20-21,25H2,1-7,9-11H3. The summed E-state index contributed by atoms with van der Waals surface area (Å²) in [6, 6.07) is 13.1. The minimum Gasteiger partial charge on any atom is -0.379 e. The van der Waals surface area contributed by atoms with Crippen LogP contribution in [0.4, 0.5) is 11.4 Å². The number of hydrogen-bond acceptors (Lipinski definition) is 3. The molecule has 2 rings (SSSR count). The second-order valence-corrected chi connectivity index (χ2v) is 13.8. The molecule has 0 radical (unpaired) electrons. The molecule has 2 aromatic carbocycles. The van der Waals surface area contributed by atoms with Gasteiger partial charge in [0.1, 0.15) is 0 Å². The average molecular weight is 641 g/mol. The first-order chi connectivity index (χ1) is 19.8. The molecule has 42 heavy (non-hydrogen) atoms. The summed E-state index contributed by atoms with van der Waals surface area (Å²) in [5, 5.41) is 0. The van der Waals surface area contributed by atoms with E-state index in [1.165, 1.54) is 43.2 Å². The molecule has 3 nitrogen and oxygen atoms in total. The maximum absolute atomic E-state index is 13.7. The van der Waals surface area contributed by atoms with Gasteiger partial charge >= 0.3 is 0 Å². The molecule has 4 atom stereocenters. The van der Waals surface area contributed by atoms with Gasteiger partial charge in [-0.15, -0.1) is 0 Å². The third-order valence-electron chi connectivity index (χ3n) is 9.41. The van der Waals surface area contributed by atoms with Crippen LogP contribution in [0.2, 0.25) is 0 Å². The maximum atomic E-state index is 13.7. The predicted octanol–water partition coefficient (Wildman–Crippen LogP) is 12.2. The SMILES string of the molecule is C=C(C(C)CC)N(c1ccc(C(CCC)CCC(CC)CC(C)(C)OC)cc1C)c1cccc(Br)c1C(=O)C(C)CC. The summed E-state index contributed by atoms with van der Waals surface area (Å²) in [7, 11) is 1.83. The minimum atomic E-state index is -0.0811. The number of aryl methyl sites for hydroxylation is 1. The Kier molecular flexibility index (Phi) is 14.5. The van der Waals surface area contributed by atoms with E-state index in [0.717, 1.165) is 46.4 Å². The Labute approximate surface area is 266 Å². The van der Waals surface area contributed by atoms with E-state index < -0.39 is 0 Å². The van der Waals surface area contributed by atoms with Crippen LogP contribution < -0.4 is 4.90 Å². The fourth-order valence-corrected chi connectivity index (χ4v) is 6.50. The topological polar surface area (TPSA) is 29.5 Å². The van der Waals surface area contributed by atoms with E-state index in [-0.39, 0.29) is 23.2 Å². The number of ketones is 1. The van der Waals surface area contributed by atoms with Crippen molar-refractivity contribution in [2.45, 2.75) is 125 Å². The molecule has 0 aliphatic rings. The summed E-state index contributed by atoms with van der Waals surface area (Å²) in [6.45, 7) is 24.3. The molecule has 0 aliphatic carbocycles. The van der Waals surface area contributed by atoms with Crippen molar-refractivity contribution in [3.05, 3.63) is 69.8 Å². The lowest BCUT2D eigenvalue weighted by Gasteiger charge is -2.34. The maximum Gasteiger partial charge on any atom is 0.168 e. The molecule has 0 saturated heterocycles. The van der Waals surface area contributed by atoms with Crippen molar-refractivity contribution in [1.29, 1.82) is 0 Å². The fraction of sp³-hybridized carbons (Fsp3) is 0.605. The van der Waals surface area contributed by atoms with Crippen molar-refractivity contribution in [3.8, 4) is 0 Å². The number of hydrogen-bond donors (Lipinski definition) is 0. The van der Waals surface area contributed by atoms with Crippen LogP contribution in [0.3, 0.4) is 0 Å². The number of allylic oxidation sites excluding steroid dienone is 1. The number of carbonyl (C=O) groups is 1. The fourth-order valence-electron chi connectivity index (χ4n) is 5.95. The van der Waals surface area contributed by atoms with Gasteiger partial charge in [-0.2, -0.15) is 0 Å². The van der Waals surface area contributed by atoms with Crippen LogP contribution in [-0.4, -0.2) is 18.5 Å². The summed E-state index contributed by atoms with van der Waals surface area (Å²) < 4.78 is 6.59. The molecule has 0 aliphatic heterocycles. The molecule has 2 aromatic rings. The van der Waals surface area contributed by atoms with Crippen molar-refractivity contribution >= 4 is 33.1 Å². The molecule has 0 N–H and O–H groups in total.